The lowest BCUT2D eigenvalue weighted by molar-refractivity contribution is -0.143. The molecule has 520 valence electrons. The van der Waals surface area contributed by atoms with Crippen LogP contribution in [0.25, 0.3) is 0 Å². The Bertz CT molecular complexity index is 1430. The van der Waals surface area contributed by atoms with Gasteiger partial charge in [-0.2, -0.15) is 0 Å². The highest BCUT2D eigenvalue weighted by molar-refractivity contribution is 5.76. The maximum absolute atomic E-state index is 12.5. The van der Waals surface area contributed by atoms with Crippen molar-refractivity contribution in [1.29, 1.82) is 0 Å². The molecule has 0 aliphatic rings. The van der Waals surface area contributed by atoms with Gasteiger partial charge in [-0.1, -0.05) is 416 Å². The summed E-state index contributed by atoms with van der Waals surface area (Å²) in [4.78, 5) is 24.6. The first-order valence-corrected chi connectivity index (χ1v) is 40.3. The normalized spacial score (nSPS) is 12.6. The SMILES string of the molecule is CCC/C=C\C/C=C\CCCCCCCC(=O)OCCCCCCCCCCCCCCCCCCCCCCCCCCCCCCCCCCCCCCCCCC(=O)NC(CO)C(O)/C=C/CCCCCCCCCCCCCCCCCCC. The zero-order chi connectivity index (χ0) is 63.5. The van der Waals surface area contributed by atoms with Gasteiger partial charge in [0.05, 0.1) is 25.4 Å². The molecule has 0 aliphatic heterocycles. The molecule has 0 bridgehead atoms. The van der Waals surface area contributed by atoms with Crippen molar-refractivity contribution in [3.63, 3.8) is 0 Å². The van der Waals surface area contributed by atoms with E-state index in [1.807, 2.05) is 6.08 Å². The molecule has 0 spiro atoms. The number of rotatable bonds is 76. The van der Waals surface area contributed by atoms with E-state index in [0.29, 0.717) is 19.4 Å². The van der Waals surface area contributed by atoms with Crippen LogP contribution in [0.4, 0.5) is 0 Å². The van der Waals surface area contributed by atoms with E-state index >= 15 is 0 Å². The van der Waals surface area contributed by atoms with Crippen LogP contribution in [0.2, 0.25) is 0 Å². The fourth-order valence-electron chi connectivity index (χ4n) is 12.8. The van der Waals surface area contributed by atoms with Crippen LogP contribution in [0, 0.1) is 0 Å². The Morgan fingerprint density at radius 1 is 0.318 bits per heavy atom. The van der Waals surface area contributed by atoms with Crippen molar-refractivity contribution in [3.05, 3.63) is 36.5 Å². The first-order chi connectivity index (χ1) is 43.5. The number of ether oxygens (including phenoxy) is 1. The number of hydrogen-bond acceptors (Lipinski definition) is 5. The van der Waals surface area contributed by atoms with Gasteiger partial charge in [0, 0.05) is 12.8 Å². The predicted molar refractivity (Wildman–Crippen MR) is 389 cm³/mol. The van der Waals surface area contributed by atoms with Gasteiger partial charge in [0.1, 0.15) is 0 Å². The smallest absolute Gasteiger partial charge is 0.305 e. The fourth-order valence-corrected chi connectivity index (χ4v) is 12.8. The minimum absolute atomic E-state index is 0.00894. The Morgan fingerprint density at radius 2 is 0.591 bits per heavy atom. The number of aliphatic hydroxyl groups excluding tert-OH is 2. The second-order valence-electron chi connectivity index (χ2n) is 27.8. The van der Waals surface area contributed by atoms with Gasteiger partial charge in [-0.15, -0.1) is 0 Å². The summed E-state index contributed by atoms with van der Waals surface area (Å²) in [7, 11) is 0. The van der Waals surface area contributed by atoms with Gasteiger partial charge in [-0.25, -0.2) is 0 Å². The number of allylic oxidation sites excluding steroid dienone is 5. The molecule has 0 aromatic rings. The van der Waals surface area contributed by atoms with Gasteiger partial charge >= 0.3 is 5.97 Å². The quantitative estimate of drug-likeness (QED) is 0.0320. The van der Waals surface area contributed by atoms with E-state index in [4.69, 9.17) is 4.74 Å². The van der Waals surface area contributed by atoms with Crippen molar-refractivity contribution < 1.29 is 24.5 Å². The van der Waals surface area contributed by atoms with Gasteiger partial charge in [0.15, 0.2) is 0 Å². The molecule has 0 fully saturated rings. The van der Waals surface area contributed by atoms with Crippen molar-refractivity contribution in [3.8, 4) is 0 Å². The zero-order valence-electron chi connectivity index (χ0n) is 59.7. The van der Waals surface area contributed by atoms with Crippen LogP contribution < -0.4 is 5.32 Å². The van der Waals surface area contributed by atoms with Gasteiger partial charge in [0.2, 0.25) is 5.91 Å². The second kappa shape index (κ2) is 77.5. The third-order valence-corrected chi connectivity index (χ3v) is 18.9. The fraction of sp³-hybridized carbons (Fsp3) is 0.902. The summed E-state index contributed by atoms with van der Waals surface area (Å²) in [5, 5.41) is 23.3. The molecule has 6 heteroatoms. The van der Waals surface area contributed by atoms with Crippen LogP contribution in [-0.4, -0.2) is 47.4 Å². The molecule has 0 saturated heterocycles. The number of aliphatic hydroxyl groups is 2. The van der Waals surface area contributed by atoms with Crippen molar-refractivity contribution in [2.75, 3.05) is 13.2 Å². The molecular weight excluding hydrogens is 1080 g/mol. The third kappa shape index (κ3) is 73.1. The minimum atomic E-state index is -0.841. The standard InChI is InChI=1S/C82H157NO5/c1-3-5-7-9-11-13-15-17-18-19-41-44-47-51-54-58-62-66-70-74-80(85)79(78-84)83-81(86)75-71-67-63-59-55-52-48-45-42-39-37-35-33-31-29-27-25-23-21-20-22-24-26-28-30-32-34-36-38-40-43-46-49-53-57-61-65-69-73-77-88-82(87)76-72-68-64-60-56-50-16-14-12-10-8-6-4-2/h8,10,14,16,70,74,79-80,84-85H,3-7,9,11-13,15,17-69,71-73,75-78H2,1-2H3,(H,83,86)/b10-8-,16-14-,74-70+. The number of amides is 1. The number of carbonyl (C=O) groups excluding carboxylic acids is 2. The topological polar surface area (TPSA) is 95.9 Å². The average Bonchev–Trinajstić information content (AvgIpc) is 3.59. The molecule has 0 radical (unpaired) electrons. The average molecular weight is 1240 g/mol. The first-order valence-electron chi connectivity index (χ1n) is 40.3. The number of carbonyl (C=O) groups is 2. The van der Waals surface area contributed by atoms with Gasteiger partial charge in [-0.05, 0) is 57.8 Å². The summed E-state index contributed by atoms with van der Waals surface area (Å²) < 4.78 is 5.48. The van der Waals surface area contributed by atoms with Crippen molar-refractivity contribution >= 4 is 11.9 Å². The molecule has 1 amide bonds. The molecule has 2 atom stereocenters. The molecule has 0 rings (SSSR count). The summed E-state index contributed by atoms with van der Waals surface area (Å²) in [6.07, 6.45) is 101. The van der Waals surface area contributed by atoms with E-state index in [1.165, 1.54) is 372 Å². The predicted octanol–water partition coefficient (Wildman–Crippen LogP) is 26.6. The Labute approximate surface area is 551 Å². The number of hydrogen-bond donors (Lipinski definition) is 3. The summed E-state index contributed by atoms with van der Waals surface area (Å²) in [6.45, 7) is 4.88. The van der Waals surface area contributed by atoms with E-state index in [0.717, 1.165) is 51.4 Å². The van der Waals surface area contributed by atoms with E-state index < -0.39 is 12.1 Å². The van der Waals surface area contributed by atoms with Crippen LogP contribution in [-0.2, 0) is 14.3 Å². The summed E-state index contributed by atoms with van der Waals surface area (Å²) >= 11 is 0. The first kappa shape index (κ1) is 86.1. The zero-order valence-corrected chi connectivity index (χ0v) is 59.7. The Morgan fingerprint density at radius 3 is 0.909 bits per heavy atom. The monoisotopic (exact) mass is 1240 g/mol. The van der Waals surface area contributed by atoms with E-state index in [2.05, 4.69) is 43.5 Å². The molecule has 2 unspecified atom stereocenters. The molecule has 0 heterocycles. The van der Waals surface area contributed by atoms with Crippen molar-refractivity contribution in [1.82, 2.24) is 5.32 Å². The lowest BCUT2D eigenvalue weighted by atomic mass is 10.0. The molecule has 0 aromatic heterocycles. The van der Waals surface area contributed by atoms with Gasteiger partial charge in [-0.3, -0.25) is 9.59 Å². The summed E-state index contributed by atoms with van der Waals surface area (Å²) in [6, 6.07) is -0.624. The molecule has 6 nitrogen and oxygen atoms in total. The highest BCUT2D eigenvalue weighted by atomic mass is 16.5. The Kier molecular flexibility index (Phi) is 75.8. The largest absolute Gasteiger partial charge is 0.466 e. The maximum Gasteiger partial charge on any atom is 0.305 e. The number of nitrogens with one attached hydrogen (secondary N) is 1. The lowest BCUT2D eigenvalue weighted by Crippen LogP contribution is -2.45. The Balaban J connectivity index is 3.31. The lowest BCUT2D eigenvalue weighted by Gasteiger charge is -2.20. The molecule has 3 N–H and O–H groups in total. The van der Waals surface area contributed by atoms with E-state index in [1.54, 1.807) is 6.08 Å². The third-order valence-electron chi connectivity index (χ3n) is 18.9. The number of unbranched alkanes of at least 4 members (excludes halogenated alkanes) is 61. The number of esters is 1. The van der Waals surface area contributed by atoms with Gasteiger partial charge < -0.3 is 20.3 Å². The minimum Gasteiger partial charge on any atom is -0.466 e. The van der Waals surface area contributed by atoms with Crippen LogP contribution in [0.15, 0.2) is 36.5 Å². The van der Waals surface area contributed by atoms with E-state index in [9.17, 15) is 19.8 Å². The molecule has 0 aliphatic carbocycles. The van der Waals surface area contributed by atoms with E-state index in [-0.39, 0.29) is 18.5 Å². The van der Waals surface area contributed by atoms with Crippen LogP contribution in [0.3, 0.4) is 0 Å². The van der Waals surface area contributed by atoms with Gasteiger partial charge in [0.25, 0.3) is 0 Å². The molecule has 88 heavy (non-hydrogen) atoms. The van der Waals surface area contributed by atoms with Crippen LogP contribution in [0.5, 0.6) is 0 Å². The van der Waals surface area contributed by atoms with Crippen molar-refractivity contribution in [2.45, 2.75) is 463 Å². The second-order valence-corrected chi connectivity index (χ2v) is 27.8. The molecular formula is C82H157NO5. The van der Waals surface area contributed by atoms with Crippen LogP contribution in [0.1, 0.15) is 450 Å². The summed E-state index contributed by atoms with van der Waals surface area (Å²) in [5.74, 6) is -0.0487. The Hall–Kier alpha value is -1.92. The van der Waals surface area contributed by atoms with Crippen molar-refractivity contribution in [2.24, 2.45) is 0 Å². The molecule has 0 aromatic carbocycles. The highest BCUT2D eigenvalue weighted by Crippen LogP contribution is 2.20. The summed E-state index contributed by atoms with van der Waals surface area (Å²) in [5.41, 5.74) is 0. The maximum atomic E-state index is 12.5. The highest BCUT2D eigenvalue weighted by Gasteiger charge is 2.18. The molecule has 0 saturated carbocycles. The van der Waals surface area contributed by atoms with Crippen LogP contribution >= 0.6 is 0 Å².